The van der Waals surface area contributed by atoms with Gasteiger partial charge in [0.1, 0.15) is 17.3 Å². The first-order chi connectivity index (χ1) is 8.97. The van der Waals surface area contributed by atoms with E-state index in [1.807, 2.05) is 0 Å². The fourth-order valence-electron chi connectivity index (χ4n) is 1.74. The van der Waals surface area contributed by atoms with Crippen molar-refractivity contribution in [1.82, 2.24) is 0 Å². The molecule has 19 heavy (non-hydrogen) atoms. The van der Waals surface area contributed by atoms with Crippen molar-refractivity contribution < 1.29 is 17.9 Å². The van der Waals surface area contributed by atoms with Crippen LogP contribution < -0.4 is 10.5 Å². The van der Waals surface area contributed by atoms with Gasteiger partial charge in [0.05, 0.1) is 0 Å². The lowest BCUT2D eigenvalue weighted by atomic mass is 10.1. The zero-order chi connectivity index (χ0) is 14.0. The number of rotatable bonds is 4. The van der Waals surface area contributed by atoms with Crippen molar-refractivity contribution in [2.24, 2.45) is 5.73 Å². The standard InChI is InChI=1S/C14H15F2NO2/c1-8-3-6-12(18-8)14(9(2)17)19-13-7-10(15)4-5-11(13)16/h3-7,9,14H,17H2,1-2H3. The van der Waals surface area contributed by atoms with Crippen LogP contribution in [0.5, 0.6) is 5.75 Å². The van der Waals surface area contributed by atoms with Crippen LogP contribution in [-0.4, -0.2) is 6.04 Å². The van der Waals surface area contributed by atoms with Crippen LogP contribution in [0.1, 0.15) is 24.5 Å². The SMILES string of the molecule is Cc1ccc(C(Oc2cc(F)ccc2F)C(C)N)o1. The Morgan fingerprint density at radius 3 is 2.53 bits per heavy atom. The van der Waals surface area contributed by atoms with Crippen LogP contribution >= 0.6 is 0 Å². The molecule has 0 aliphatic rings. The van der Waals surface area contributed by atoms with Gasteiger partial charge in [-0.15, -0.1) is 0 Å². The molecule has 2 rings (SSSR count). The molecule has 0 amide bonds. The minimum absolute atomic E-state index is 0.184. The molecule has 2 N–H and O–H groups in total. The van der Waals surface area contributed by atoms with Gasteiger partial charge >= 0.3 is 0 Å². The molecule has 102 valence electrons. The van der Waals surface area contributed by atoms with E-state index in [2.05, 4.69) is 0 Å². The molecule has 2 unspecified atom stereocenters. The first kappa shape index (κ1) is 13.5. The summed E-state index contributed by atoms with van der Waals surface area (Å²) in [4.78, 5) is 0. The van der Waals surface area contributed by atoms with Crippen molar-refractivity contribution >= 4 is 0 Å². The smallest absolute Gasteiger partial charge is 0.171 e. The van der Waals surface area contributed by atoms with Crippen LogP contribution in [0, 0.1) is 18.6 Å². The highest BCUT2D eigenvalue weighted by atomic mass is 19.1. The molecule has 1 aromatic carbocycles. The molecule has 0 aliphatic heterocycles. The quantitative estimate of drug-likeness (QED) is 0.924. The summed E-state index contributed by atoms with van der Waals surface area (Å²) in [6, 6.07) is 6.06. The van der Waals surface area contributed by atoms with E-state index in [-0.39, 0.29) is 5.75 Å². The lowest BCUT2D eigenvalue weighted by molar-refractivity contribution is 0.145. The van der Waals surface area contributed by atoms with Gasteiger partial charge in [-0.25, -0.2) is 8.78 Å². The Morgan fingerprint density at radius 2 is 1.95 bits per heavy atom. The molecule has 1 aromatic heterocycles. The van der Waals surface area contributed by atoms with Gasteiger partial charge in [0.15, 0.2) is 17.7 Å². The molecular weight excluding hydrogens is 252 g/mol. The molecule has 0 saturated heterocycles. The summed E-state index contributed by atoms with van der Waals surface area (Å²) in [5, 5.41) is 0. The molecular formula is C14H15F2NO2. The molecule has 0 aliphatic carbocycles. The van der Waals surface area contributed by atoms with Crippen molar-refractivity contribution in [3.05, 3.63) is 53.5 Å². The Morgan fingerprint density at radius 1 is 1.21 bits per heavy atom. The summed E-state index contributed by atoms with van der Waals surface area (Å²) in [5.41, 5.74) is 5.81. The Labute approximate surface area is 110 Å². The Hall–Kier alpha value is -1.88. The van der Waals surface area contributed by atoms with Crippen LogP contribution in [0.2, 0.25) is 0 Å². The fourth-order valence-corrected chi connectivity index (χ4v) is 1.74. The van der Waals surface area contributed by atoms with Crippen molar-refractivity contribution in [1.29, 1.82) is 0 Å². The molecule has 2 atom stereocenters. The summed E-state index contributed by atoms with van der Waals surface area (Å²) in [6.07, 6.45) is -0.676. The third-order valence-electron chi connectivity index (χ3n) is 2.67. The van der Waals surface area contributed by atoms with Crippen LogP contribution in [0.4, 0.5) is 8.78 Å². The molecule has 1 heterocycles. The number of hydrogen-bond acceptors (Lipinski definition) is 3. The van der Waals surface area contributed by atoms with E-state index >= 15 is 0 Å². The Balaban J connectivity index is 2.29. The van der Waals surface area contributed by atoms with Crippen LogP contribution in [0.15, 0.2) is 34.7 Å². The summed E-state index contributed by atoms with van der Waals surface area (Å²) < 4.78 is 37.5. The van der Waals surface area contributed by atoms with Crippen molar-refractivity contribution in [3.8, 4) is 5.75 Å². The summed E-state index contributed by atoms with van der Waals surface area (Å²) >= 11 is 0. The predicted molar refractivity (Wildman–Crippen MR) is 66.8 cm³/mol. The monoisotopic (exact) mass is 267 g/mol. The highest BCUT2D eigenvalue weighted by Crippen LogP contribution is 2.28. The van der Waals surface area contributed by atoms with Gasteiger partial charge in [-0.05, 0) is 38.1 Å². The normalized spacial score (nSPS) is 14.2. The van der Waals surface area contributed by atoms with E-state index in [0.29, 0.717) is 11.5 Å². The number of hydrogen-bond donors (Lipinski definition) is 1. The second-order valence-corrected chi connectivity index (χ2v) is 4.42. The lowest BCUT2D eigenvalue weighted by Gasteiger charge is -2.20. The third-order valence-corrected chi connectivity index (χ3v) is 2.67. The summed E-state index contributed by atoms with van der Waals surface area (Å²) in [7, 11) is 0. The third kappa shape index (κ3) is 3.12. The number of nitrogens with two attached hydrogens (primary N) is 1. The maximum atomic E-state index is 13.6. The van der Waals surface area contributed by atoms with Gasteiger partial charge in [0, 0.05) is 12.1 Å². The van der Waals surface area contributed by atoms with Gasteiger partial charge in [-0.3, -0.25) is 0 Å². The van der Waals surface area contributed by atoms with Gasteiger partial charge in [0.25, 0.3) is 0 Å². The molecule has 0 fully saturated rings. The summed E-state index contributed by atoms with van der Waals surface area (Å²) in [5.74, 6) is -0.220. The number of benzene rings is 1. The van der Waals surface area contributed by atoms with Gasteiger partial charge in [-0.2, -0.15) is 0 Å². The fraction of sp³-hybridized carbons (Fsp3) is 0.286. The molecule has 3 nitrogen and oxygen atoms in total. The molecule has 0 spiro atoms. The molecule has 0 radical (unpaired) electrons. The topological polar surface area (TPSA) is 48.4 Å². The molecule has 0 bridgehead atoms. The first-order valence-electron chi connectivity index (χ1n) is 5.91. The van der Waals surface area contributed by atoms with E-state index < -0.39 is 23.8 Å². The second kappa shape index (κ2) is 5.40. The lowest BCUT2D eigenvalue weighted by Crippen LogP contribution is -2.29. The largest absolute Gasteiger partial charge is 0.478 e. The Bertz CT molecular complexity index is 566. The minimum atomic E-state index is -0.676. The van der Waals surface area contributed by atoms with Crippen molar-refractivity contribution in [3.63, 3.8) is 0 Å². The van der Waals surface area contributed by atoms with Crippen LogP contribution in [0.3, 0.4) is 0 Å². The maximum absolute atomic E-state index is 13.6. The number of furan rings is 1. The predicted octanol–water partition coefficient (Wildman–Crippen LogP) is 3.33. The Kier molecular flexibility index (Phi) is 3.85. The second-order valence-electron chi connectivity index (χ2n) is 4.42. The van der Waals surface area contributed by atoms with E-state index in [1.165, 1.54) is 0 Å². The van der Waals surface area contributed by atoms with Crippen LogP contribution in [-0.2, 0) is 0 Å². The highest BCUT2D eigenvalue weighted by Gasteiger charge is 2.23. The van der Waals surface area contributed by atoms with E-state index in [9.17, 15) is 8.78 Å². The van der Waals surface area contributed by atoms with Gasteiger partial charge in [-0.1, -0.05) is 0 Å². The molecule has 2 aromatic rings. The number of ether oxygens (including phenoxy) is 1. The van der Waals surface area contributed by atoms with Crippen molar-refractivity contribution in [2.45, 2.75) is 26.0 Å². The average Bonchev–Trinajstić information content (AvgIpc) is 2.76. The van der Waals surface area contributed by atoms with Gasteiger partial charge in [0.2, 0.25) is 0 Å². The zero-order valence-electron chi connectivity index (χ0n) is 10.7. The average molecular weight is 267 g/mol. The molecule has 5 heteroatoms. The minimum Gasteiger partial charge on any atom is -0.478 e. The maximum Gasteiger partial charge on any atom is 0.171 e. The van der Waals surface area contributed by atoms with E-state index in [0.717, 1.165) is 18.2 Å². The zero-order valence-corrected chi connectivity index (χ0v) is 10.7. The van der Waals surface area contributed by atoms with Crippen LogP contribution in [0.25, 0.3) is 0 Å². The number of aryl methyl sites for hydroxylation is 1. The van der Waals surface area contributed by atoms with Gasteiger partial charge < -0.3 is 14.9 Å². The summed E-state index contributed by atoms with van der Waals surface area (Å²) in [6.45, 7) is 3.49. The highest BCUT2D eigenvalue weighted by molar-refractivity contribution is 5.26. The van der Waals surface area contributed by atoms with Crippen molar-refractivity contribution in [2.75, 3.05) is 0 Å². The van der Waals surface area contributed by atoms with E-state index in [4.69, 9.17) is 14.9 Å². The number of halogens is 2. The molecule has 0 saturated carbocycles. The van der Waals surface area contributed by atoms with E-state index in [1.54, 1.807) is 26.0 Å². The first-order valence-corrected chi connectivity index (χ1v) is 5.91.